The number of unbranched alkanes of at least 4 members (excludes halogenated alkanes) is 1. The van der Waals surface area contributed by atoms with Crippen LogP contribution in [0.1, 0.15) is 73.6 Å². The van der Waals surface area contributed by atoms with Crippen LogP contribution in [-0.2, 0) is 20.8 Å². The number of pyridine rings is 1. The van der Waals surface area contributed by atoms with Gasteiger partial charge in [-0.25, -0.2) is 4.79 Å². The predicted molar refractivity (Wildman–Crippen MR) is 172 cm³/mol. The van der Waals surface area contributed by atoms with Gasteiger partial charge in [0, 0.05) is 31.7 Å². The van der Waals surface area contributed by atoms with Gasteiger partial charge in [0.1, 0.15) is 25.4 Å². The molecule has 2 aromatic rings. The van der Waals surface area contributed by atoms with Crippen molar-refractivity contribution in [3.05, 3.63) is 30.6 Å². The summed E-state index contributed by atoms with van der Waals surface area (Å²) in [5.41, 5.74) is -0.683. The average Bonchev–Trinajstić information content (AvgIpc) is 3.57. The third-order valence-corrected chi connectivity index (χ3v) is 9.81. The van der Waals surface area contributed by atoms with Gasteiger partial charge in [-0.3, -0.25) is 19.4 Å². The number of aliphatic hydroxyl groups is 2. The number of aromatic nitrogens is 4. The normalized spacial score (nSPS) is 35.4. The molecule has 2 aliphatic heterocycles. The maximum atomic E-state index is 13.5. The number of fused-ring (bicyclic) bond motifs is 1. The van der Waals surface area contributed by atoms with E-state index in [1.54, 1.807) is 29.6 Å². The molecular weight excluding hydrogens is 575 g/mol. The van der Waals surface area contributed by atoms with E-state index in [9.17, 15) is 19.8 Å². The second kappa shape index (κ2) is 14.7. The van der Waals surface area contributed by atoms with E-state index in [0.29, 0.717) is 44.6 Å². The van der Waals surface area contributed by atoms with Crippen LogP contribution in [0.15, 0.2) is 30.6 Å². The molecule has 4 heterocycles. The first kappa shape index (κ1) is 35.0. The highest BCUT2D eigenvalue weighted by atomic mass is 16.6. The summed E-state index contributed by atoms with van der Waals surface area (Å²) in [6.07, 6.45) is 3.68. The maximum absolute atomic E-state index is 13.5. The minimum Gasteiger partial charge on any atom is -0.438 e. The summed E-state index contributed by atoms with van der Waals surface area (Å²) in [6.45, 7) is 13.0. The van der Waals surface area contributed by atoms with Gasteiger partial charge in [-0.05, 0) is 76.9 Å². The Bertz CT molecular complexity index is 1280. The molecule has 0 radical (unpaired) electrons. The van der Waals surface area contributed by atoms with Crippen LogP contribution in [0.5, 0.6) is 0 Å². The highest BCUT2D eigenvalue weighted by Crippen LogP contribution is 2.39. The Labute approximate surface area is 267 Å². The Morgan fingerprint density at radius 2 is 1.87 bits per heavy atom. The first-order valence-electron chi connectivity index (χ1n) is 16.4. The molecule has 0 bridgehead atoms. The van der Waals surface area contributed by atoms with Crippen molar-refractivity contribution in [2.45, 2.75) is 122 Å². The molecule has 45 heavy (non-hydrogen) atoms. The van der Waals surface area contributed by atoms with Gasteiger partial charge >= 0.3 is 6.09 Å². The summed E-state index contributed by atoms with van der Waals surface area (Å²) in [7, 11) is 1.87. The number of carbonyl (C=O) groups is 2. The van der Waals surface area contributed by atoms with E-state index in [1.807, 2.05) is 53.0 Å². The molecule has 13 heteroatoms. The SMILES string of the molecule is B[C@@H]1CC(=O)[C@@H](C)C(O)O[C@H](CC)[C@@]2(C)OC(=O)N(CCCCn3cc(-c4ccccn4)nn3)[C@@H]2[C@@H](C)NC[C@H](C)C[C@]1(C)O. The molecule has 1 amide bonds. The number of carbonyl (C=O) groups excluding carboxylic acids is 2. The number of Topliss-reactive ketones (excluding diaryl/α,β-unsaturated/α-hetero) is 1. The van der Waals surface area contributed by atoms with Gasteiger partial charge in [-0.15, -0.1) is 5.10 Å². The highest BCUT2D eigenvalue weighted by Gasteiger charge is 2.57. The Kier molecular flexibility index (Phi) is 11.4. The Balaban J connectivity index is 1.51. The quantitative estimate of drug-likeness (QED) is 0.309. The number of aryl methyl sites for hydroxylation is 1. The van der Waals surface area contributed by atoms with Gasteiger partial charge in [0.25, 0.3) is 0 Å². The summed E-state index contributed by atoms with van der Waals surface area (Å²) in [5.74, 6) is -1.17. The zero-order chi connectivity index (χ0) is 32.9. The monoisotopic (exact) mass is 626 g/mol. The van der Waals surface area contributed by atoms with Crippen LogP contribution < -0.4 is 5.32 Å². The fourth-order valence-electron chi connectivity index (χ4n) is 6.85. The molecule has 2 saturated heterocycles. The number of amides is 1. The minimum absolute atomic E-state index is 0.0998. The predicted octanol–water partition coefficient (Wildman–Crippen LogP) is 2.60. The van der Waals surface area contributed by atoms with Crippen molar-refractivity contribution in [1.82, 2.24) is 30.2 Å². The summed E-state index contributed by atoms with van der Waals surface area (Å²) < 4.78 is 14.1. The van der Waals surface area contributed by atoms with Crippen molar-refractivity contribution in [3.8, 4) is 11.4 Å². The Morgan fingerprint density at radius 3 is 2.56 bits per heavy atom. The maximum Gasteiger partial charge on any atom is 0.410 e. The third-order valence-electron chi connectivity index (χ3n) is 9.81. The highest BCUT2D eigenvalue weighted by molar-refractivity contribution is 6.14. The number of hydrogen-bond donors (Lipinski definition) is 3. The lowest BCUT2D eigenvalue weighted by Crippen LogP contribution is -2.61. The zero-order valence-electron chi connectivity index (χ0n) is 27.8. The molecular formula is C32H51BN6O6. The van der Waals surface area contributed by atoms with Gasteiger partial charge in [0.2, 0.25) is 0 Å². The van der Waals surface area contributed by atoms with Crippen LogP contribution in [0, 0.1) is 11.8 Å². The fraction of sp³-hybridized carbons (Fsp3) is 0.719. The van der Waals surface area contributed by atoms with E-state index in [1.165, 1.54) is 0 Å². The van der Waals surface area contributed by atoms with Crippen molar-refractivity contribution < 1.29 is 29.3 Å². The average molecular weight is 627 g/mol. The molecule has 9 atom stereocenters. The van der Waals surface area contributed by atoms with E-state index in [4.69, 9.17) is 9.47 Å². The number of ether oxygens (including phenoxy) is 2. The molecule has 12 nitrogen and oxygen atoms in total. The summed E-state index contributed by atoms with van der Waals surface area (Å²) in [6, 6.07) is 5.05. The van der Waals surface area contributed by atoms with Gasteiger partial charge in [-0.1, -0.05) is 32.1 Å². The first-order chi connectivity index (χ1) is 21.3. The Hall–Kier alpha value is -2.87. The zero-order valence-corrected chi connectivity index (χ0v) is 27.8. The topological polar surface area (TPSA) is 152 Å². The van der Waals surface area contributed by atoms with Crippen LogP contribution in [0.2, 0.25) is 5.82 Å². The molecule has 2 fully saturated rings. The van der Waals surface area contributed by atoms with Gasteiger partial charge in [0.05, 0.1) is 29.5 Å². The molecule has 248 valence electrons. The molecule has 4 rings (SSSR count). The number of rotatable bonds is 7. The molecule has 3 N–H and O–H groups in total. The molecule has 2 aliphatic rings. The molecule has 0 saturated carbocycles. The number of nitrogens with one attached hydrogen (secondary N) is 1. The van der Waals surface area contributed by atoms with Gasteiger partial charge < -0.3 is 25.0 Å². The minimum atomic E-state index is -1.38. The second-order valence-electron chi connectivity index (χ2n) is 13.6. The standard InChI is InChI=1S/C32H51BN6O6/c1-7-27-32(6)28(22(4)35-18-20(2)17-31(5,43)26(33)16-25(40)21(3)29(41)44-27)39(30(42)45-32)15-11-10-14-38-19-24(36-37-38)23-12-8-9-13-34-23/h8-9,12-13,19-22,26-29,35,41,43H,7,10-11,14-18,33H2,1-6H3/t20-,21-,22-,26-,27-,28-,29?,31+,32-/m1/s1. The van der Waals surface area contributed by atoms with E-state index in [-0.39, 0.29) is 30.0 Å². The van der Waals surface area contributed by atoms with Crippen molar-refractivity contribution >= 4 is 19.7 Å². The fourth-order valence-corrected chi connectivity index (χ4v) is 6.85. The van der Waals surface area contributed by atoms with Gasteiger partial charge in [-0.2, -0.15) is 0 Å². The molecule has 0 aromatic carbocycles. The molecule has 1 unspecified atom stereocenters. The van der Waals surface area contributed by atoms with Crippen molar-refractivity contribution in [2.75, 3.05) is 13.1 Å². The summed E-state index contributed by atoms with van der Waals surface area (Å²) >= 11 is 0. The Morgan fingerprint density at radius 1 is 1.13 bits per heavy atom. The van der Waals surface area contributed by atoms with Crippen molar-refractivity contribution in [1.29, 1.82) is 0 Å². The molecule has 0 aliphatic carbocycles. The van der Waals surface area contributed by atoms with E-state index in [0.717, 1.165) is 12.1 Å². The third kappa shape index (κ3) is 8.11. The van der Waals surface area contributed by atoms with Crippen LogP contribution >= 0.6 is 0 Å². The molecule has 0 spiro atoms. The van der Waals surface area contributed by atoms with Crippen LogP contribution in [-0.4, -0.2) is 104 Å². The smallest absolute Gasteiger partial charge is 0.410 e. The van der Waals surface area contributed by atoms with Crippen molar-refractivity contribution in [2.24, 2.45) is 11.8 Å². The lowest BCUT2D eigenvalue weighted by Gasteiger charge is -2.42. The summed E-state index contributed by atoms with van der Waals surface area (Å²) in [4.78, 5) is 32.7. The number of hydrogen-bond acceptors (Lipinski definition) is 10. The van der Waals surface area contributed by atoms with E-state index in [2.05, 4.69) is 27.5 Å². The molecule has 2 aromatic heterocycles. The van der Waals surface area contributed by atoms with Crippen LogP contribution in [0.4, 0.5) is 4.79 Å². The lowest BCUT2D eigenvalue weighted by molar-refractivity contribution is -0.209. The number of aliphatic hydroxyl groups excluding tert-OH is 1. The number of ketones is 1. The largest absolute Gasteiger partial charge is 0.438 e. The van der Waals surface area contributed by atoms with E-state index < -0.39 is 41.6 Å². The first-order valence-corrected chi connectivity index (χ1v) is 16.4. The van der Waals surface area contributed by atoms with Crippen molar-refractivity contribution in [3.63, 3.8) is 0 Å². The second-order valence-corrected chi connectivity index (χ2v) is 13.6. The van der Waals surface area contributed by atoms with Gasteiger partial charge in [0.15, 0.2) is 11.9 Å². The number of nitrogens with zero attached hydrogens (tertiary/aromatic N) is 5. The van der Waals surface area contributed by atoms with Crippen LogP contribution in [0.25, 0.3) is 11.4 Å². The van der Waals surface area contributed by atoms with Crippen LogP contribution in [0.3, 0.4) is 0 Å². The lowest BCUT2D eigenvalue weighted by atomic mass is 9.67. The van der Waals surface area contributed by atoms with E-state index >= 15 is 0 Å². The summed E-state index contributed by atoms with van der Waals surface area (Å²) in [5, 5.41) is 34.4.